The van der Waals surface area contributed by atoms with Crippen molar-refractivity contribution in [1.82, 2.24) is 9.80 Å². The molecule has 27 heavy (non-hydrogen) atoms. The van der Waals surface area contributed by atoms with Gasteiger partial charge in [0.2, 0.25) is 24.4 Å². The van der Waals surface area contributed by atoms with E-state index in [-0.39, 0.29) is 25.0 Å². The van der Waals surface area contributed by atoms with Crippen LogP contribution in [0.25, 0.3) is 0 Å². The summed E-state index contributed by atoms with van der Waals surface area (Å²) < 4.78 is 16.4. The van der Waals surface area contributed by atoms with Gasteiger partial charge in [0.05, 0.1) is 24.6 Å². The van der Waals surface area contributed by atoms with Crippen LogP contribution in [-0.2, 0) is 9.59 Å². The van der Waals surface area contributed by atoms with Crippen molar-refractivity contribution in [2.75, 3.05) is 21.0 Å². The Morgan fingerprint density at radius 2 is 2.04 bits per heavy atom. The Bertz CT molecular complexity index is 879. The highest BCUT2D eigenvalue weighted by atomic mass is 16.7. The largest absolute Gasteiger partial charge is 0.493 e. The lowest BCUT2D eigenvalue weighted by Crippen LogP contribution is -2.60. The maximum absolute atomic E-state index is 13.1. The third-order valence-electron chi connectivity index (χ3n) is 5.91. The summed E-state index contributed by atoms with van der Waals surface area (Å²) in [4.78, 5) is 28.9. The molecular formula is C19H21N3O5. The third-order valence-corrected chi connectivity index (χ3v) is 5.91. The highest BCUT2D eigenvalue weighted by molar-refractivity contribution is 5.97. The zero-order valence-corrected chi connectivity index (χ0v) is 15.7. The Labute approximate surface area is 157 Å². The van der Waals surface area contributed by atoms with Crippen LogP contribution in [0.1, 0.15) is 31.9 Å². The average molecular weight is 371 g/mol. The molecule has 0 saturated carbocycles. The second-order valence-electron chi connectivity index (χ2n) is 7.48. The fourth-order valence-corrected chi connectivity index (χ4v) is 4.34. The Kier molecular flexibility index (Phi) is 3.74. The molecule has 0 spiro atoms. The summed E-state index contributed by atoms with van der Waals surface area (Å²) in [6.07, 6.45) is 0.284. The number of rotatable bonds is 2. The standard InChI is InChI=1S/C19H21N3O5/c1-10-17(23)22-12(18(24)21(10)3)7-19(2,8-20)16(22)11-5-13(25-4)15-14(6-11)26-9-27-15/h5-6,10,12,16H,7,9H2,1-4H3. The number of nitrogens with zero attached hydrogens (tertiary/aromatic N) is 3. The van der Waals surface area contributed by atoms with E-state index in [9.17, 15) is 14.9 Å². The quantitative estimate of drug-likeness (QED) is 0.781. The molecule has 142 valence electrons. The number of carbonyl (C=O) groups excluding carboxylic acids is 2. The number of ether oxygens (including phenoxy) is 3. The Balaban J connectivity index is 1.87. The minimum Gasteiger partial charge on any atom is -0.493 e. The number of likely N-dealkylation sites (N-methyl/N-ethyl adjacent to an activating group) is 1. The van der Waals surface area contributed by atoms with Gasteiger partial charge in [-0.1, -0.05) is 0 Å². The number of benzene rings is 1. The van der Waals surface area contributed by atoms with Crippen molar-refractivity contribution >= 4 is 11.8 Å². The molecule has 0 N–H and O–H groups in total. The summed E-state index contributed by atoms with van der Waals surface area (Å²) in [6, 6.07) is 4.07. The molecule has 3 aliphatic rings. The number of fused-ring (bicyclic) bond motifs is 2. The van der Waals surface area contributed by atoms with Crippen LogP contribution < -0.4 is 14.2 Å². The number of nitriles is 1. The van der Waals surface area contributed by atoms with Gasteiger partial charge in [0.25, 0.3) is 0 Å². The Hall–Kier alpha value is -2.95. The van der Waals surface area contributed by atoms with E-state index in [0.717, 1.165) is 0 Å². The van der Waals surface area contributed by atoms with Crippen LogP contribution in [0, 0.1) is 16.7 Å². The zero-order valence-electron chi connectivity index (χ0n) is 15.7. The number of methoxy groups -OCH3 is 1. The topological polar surface area (TPSA) is 92.1 Å². The zero-order chi connectivity index (χ0) is 19.5. The molecule has 0 bridgehead atoms. The summed E-state index contributed by atoms with van der Waals surface area (Å²) in [6.45, 7) is 3.58. The minimum absolute atomic E-state index is 0.0842. The predicted octanol–water partition coefficient (Wildman–Crippen LogP) is 1.46. The first-order chi connectivity index (χ1) is 12.8. The van der Waals surface area contributed by atoms with Crippen molar-refractivity contribution in [3.8, 4) is 23.3 Å². The van der Waals surface area contributed by atoms with Gasteiger partial charge in [0, 0.05) is 7.05 Å². The van der Waals surface area contributed by atoms with Crippen molar-refractivity contribution in [3.05, 3.63) is 17.7 Å². The first-order valence-corrected chi connectivity index (χ1v) is 8.80. The summed E-state index contributed by atoms with van der Waals surface area (Å²) in [5.41, 5.74) is -0.222. The monoisotopic (exact) mass is 371 g/mol. The van der Waals surface area contributed by atoms with E-state index >= 15 is 0 Å². The van der Waals surface area contributed by atoms with Crippen LogP contribution in [0.4, 0.5) is 0 Å². The van der Waals surface area contributed by atoms with Gasteiger partial charge in [-0.2, -0.15) is 5.26 Å². The van der Waals surface area contributed by atoms with Crippen molar-refractivity contribution < 1.29 is 23.8 Å². The van der Waals surface area contributed by atoms with Gasteiger partial charge in [-0.25, -0.2) is 0 Å². The molecule has 4 rings (SSSR count). The maximum atomic E-state index is 13.1. The van der Waals surface area contributed by atoms with Gasteiger partial charge in [-0.3, -0.25) is 9.59 Å². The van der Waals surface area contributed by atoms with E-state index in [1.165, 1.54) is 12.0 Å². The minimum atomic E-state index is -0.917. The van der Waals surface area contributed by atoms with E-state index in [1.807, 2.05) is 0 Å². The lowest BCUT2D eigenvalue weighted by Gasteiger charge is -2.42. The van der Waals surface area contributed by atoms with Crippen LogP contribution in [0.15, 0.2) is 12.1 Å². The van der Waals surface area contributed by atoms with E-state index in [0.29, 0.717) is 22.8 Å². The van der Waals surface area contributed by atoms with E-state index < -0.39 is 23.5 Å². The van der Waals surface area contributed by atoms with Crippen molar-refractivity contribution in [1.29, 1.82) is 5.26 Å². The third kappa shape index (κ3) is 2.27. The summed E-state index contributed by atoms with van der Waals surface area (Å²) in [5, 5.41) is 9.93. The predicted molar refractivity (Wildman–Crippen MR) is 93.1 cm³/mol. The molecule has 4 atom stereocenters. The van der Waals surface area contributed by atoms with Crippen LogP contribution >= 0.6 is 0 Å². The molecule has 0 radical (unpaired) electrons. The summed E-state index contributed by atoms with van der Waals surface area (Å²) in [5.74, 6) is 1.18. The molecule has 3 aliphatic heterocycles. The molecular weight excluding hydrogens is 350 g/mol. The molecule has 2 fully saturated rings. The molecule has 0 aliphatic carbocycles. The van der Waals surface area contributed by atoms with E-state index in [2.05, 4.69) is 6.07 Å². The van der Waals surface area contributed by atoms with Crippen LogP contribution in [0.2, 0.25) is 0 Å². The van der Waals surface area contributed by atoms with Crippen molar-refractivity contribution in [2.24, 2.45) is 5.41 Å². The molecule has 1 aromatic carbocycles. The molecule has 2 saturated heterocycles. The average Bonchev–Trinajstić information content (AvgIpc) is 3.26. The van der Waals surface area contributed by atoms with Gasteiger partial charge in [0.15, 0.2) is 11.5 Å². The summed E-state index contributed by atoms with van der Waals surface area (Å²) >= 11 is 0. The first-order valence-electron chi connectivity index (χ1n) is 8.80. The highest BCUT2D eigenvalue weighted by Gasteiger charge is 2.59. The van der Waals surface area contributed by atoms with Crippen molar-refractivity contribution in [2.45, 2.75) is 38.4 Å². The number of hydrogen-bond donors (Lipinski definition) is 0. The smallest absolute Gasteiger partial charge is 0.246 e. The maximum Gasteiger partial charge on any atom is 0.246 e. The van der Waals surface area contributed by atoms with Gasteiger partial charge < -0.3 is 24.0 Å². The molecule has 1 aromatic rings. The SMILES string of the molecule is COc1cc(C2N3C(=O)C(C)N(C)C(=O)C3CC2(C)C#N)cc2c1OCO2. The summed E-state index contributed by atoms with van der Waals surface area (Å²) in [7, 11) is 3.15. The lowest BCUT2D eigenvalue weighted by molar-refractivity contribution is -0.159. The Morgan fingerprint density at radius 3 is 2.70 bits per heavy atom. The fraction of sp³-hybridized carbons (Fsp3) is 0.526. The number of carbonyl (C=O) groups is 2. The van der Waals surface area contributed by atoms with E-state index in [4.69, 9.17) is 14.2 Å². The van der Waals surface area contributed by atoms with Gasteiger partial charge in [-0.05, 0) is 38.0 Å². The van der Waals surface area contributed by atoms with E-state index in [1.54, 1.807) is 37.9 Å². The van der Waals surface area contributed by atoms with Gasteiger partial charge >= 0.3 is 0 Å². The molecule has 8 nitrogen and oxygen atoms in total. The number of hydrogen-bond acceptors (Lipinski definition) is 6. The van der Waals surface area contributed by atoms with Crippen LogP contribution in [-0.4, -0.2) is 54.6 Å². The van der Waals surface area contributed by atoms with Gasteiger partial charge in [-0.15, -0.1) is 0 Å². The second kappa shape index (κ2) is 5.78. The van der Waals surface area contributed by atoms with Crippen LogP contribution in [0.3, 0.4) is 0 Å². The molecule has 2 amide bonds. The second-order valence-corrected chi connectivity index (χ2v) is 7.48. The van der Waals surface area contributed by atoms with Gasteiger partial charge in [0.1, 0.15) is 12.1 Å². The number of amides is 2. The van der Waals surface area contributed by atoms with Crippen molar-refractivity contribution in [3.63, 3.8) is 0 Å². The first kappa shape index (κ1) is 17.5. The fourth-order valence-electron chi connectivity index (χ4n) is 4.34. The molecule has 8 heteroatoms. The van der Waals surface area contributed by atoms with Crippen LogP contribution in [0.5, 0.6) is 17.2 Å². The highest BCUT2D eigenvalue weighted by Crippen LogP contribution is 2.54. The molecule has 0 aromatic heterocycles. The molecule has 3 heterocycles. The normalized spacial score (nSPS) is 31.7. The lowest BCUT2D eigenvalue weighted by atomic mass is 9.79. The molecule has 4 unspecified atom stereocenters. The Morgan fingerprint density at radius 1 is 1.30 bits per heavy atom. The number of piperazine rings is 1.